The average Bonchev–Trinajstić information content (AvgIpc) is 2.57. The van der Waals surface area contributed by atoms with Crippen LogP contribution in [0.25, 0.3) is 0 Å². The molecule has 5 nitrogen and oxygen atoms in total. The number of carbonyl (C=O) groups is 2. The van der Waals surface area contributed by atoms with Crippen molar-refractivity contribution in [3.63, 3.8) is 0 Å². The highest BCUT2D eigenvalue weighted by atomic mass is 16.6. The summed E-state index contributed by atoms with van der Waals surface area (Å²) in [5.41, 5.74) is -0.143. The number of carbonyl (C=O) groups excluding carboxylic acids is 2. The van der Waals surface area contributed by atoms with Gasteiger partial charge in [-0.1, -0.05) is 20.8 Å². The molecule has 5 heteroatoms. The molecule has 1 amide bonds. The molecule has 0 saturated carbocycles. The summed E-state index contributed by atoms with van der Waals surface area (Å²) in [6, 6.07) is -0.152. The predicted molar refractivity (Wildman–Crippen MR) is 62.4 cm³/mol. The fourth-order valence-electron chi connectivity index (χ4n) is 1.66. The molecule has 1 fully saturated rings. The van der Waals surface area contributed by atoms with Gasteiger partial charge < -0.3 is 14.8 Å². The lowest BCUT2D eigenvalue weighted by Crippen LogP contribution is -2.42. The summed E-state index contributed by atoms with van der Waals surface area (Å²) in [7, 11) is 0. The second-order valence-corrected chi connectivity index (χ2v) is 4.97. The summed E-state index contributed by atoms with van der Waals surface area (Å²) in [6.07, 6.45) is 1.97. The van der Waals surface area contributed by atoms with E-state index < -0.39 is 18.2 Å². The van der Waals surface area contributed by atoms with Crippen LogP contribution in [-0.2, 0) is 14.3 Å². The molecule has 17 heavy (non-hydrogen) atoms. The molecular formula is C12H19NO4. The summed E-state index contributed by atoms with van der Waals surface area (Å²) >= 11 is 0. The molecule has 0 spiro atoms. The molecule has 0 aliphatic carbocycles. The quantitative estimate of drug-likeness (QED) is 0.602. The van der Waals surface area contributed by atoms with Crippen LogP contribution in [0.3, 0.4) is 0 Å². The summed E-state index contributed by atoms with van der Waals surface area (Å²) in [5.74, 6) is -0.428. The summed E-state index contributed by atoms with van der Waals surface area (Å²) in [4.78, 5) is 22.4. The first-order chi connectivity index (χ1) is 7.84. The van der Waals surface area contributed by atoms with Gasteiger partial charge in [0, 0.05) is 6.08 Å². The van der Waals surface area contributed by atoms with Crippen molar-refractivity contribution in [1.29, 1.82) is 0 Å². The van der Waals surface area contributed by atoms with E-state index in [2.05, 4.69) is 5.32 Å². The van der Waals surface area contributed by atoms with Gasteiger partial charge in [0.15, 0.2) is 0 Å². The number of ether oxygens (including phenoxy) is 2. The highest BCUT2D eigenvalue weighted by Crippen LogP contribution is 2.27. The average molecular weight is 241 g/mol. The highest BCUT2D eigenvalue weighted by Gasteiger charge is 2.40. The molecular weight excluding hydrogens is 222 g/mol. The molecule has 96 valence electrons. The van der Waals surface area contributed by atoms with Crippen LogP contribution in [-0.4, -0.2) is 30.8 Å². The first-order valence-corrected chi connectivity index (χ1v) is 5.66. The summed E-state index contributed by atoms with van der Waals surface area (Å²) in [5, 5.41) is 2.74. The molecule has 0 bridgehead atoms. The number of cyclic esters (lactones) is 1. The van der Waals surface area contributed by atoms with Gasteiger partial charge in [-0.2, -0.15) is 0 Å². The maximum Gasteiger partial charge on any atom is 0.408 e. The molecule has 2 atom stereocenters. The van der Waals surface area contributed by atoms with Crippen molar-refractivity contribution in [2.24, 2.45) is 5.41 Å². The van der Waals surface area contributed by atoms with E-state index in [0.29, 0.717) is 6.61 Å². The maximum absolute atomic E-state index is 11.2. The number of esters is 1. The first-order valence-electron chi connectivity index (χ1n) is 5.66. The fraction of sp³-hybridized carbons (Fsp3) is 0.667. The summed E-state index contributed by atoms with van der Waals surface area (Å²) in [6.45, 7) is 8.06. The van der Waals surface area contributed by atoms with Crippen molar-refractivity contribution in [3.05, 3.63) is 12.2 Å². The molecule has 1 rings (SSSR count). The lowest BCUT2D eigenvalue weighted by atomic mass is 9.84. The van der Waals surface area contributed by atoms with E-state index in [1.54, 1.807) is 13.0 Å². The molecule has 0 unspecified atom stereocenters. The number of alkyl carbamates (subject to hydrolysis) is 1. The van der Waals surface area contributed by atoms with Crippen LogP contribution in [0.1, 0.15) is 27.7 Å². The smallest absolute Gasteiger partial charge is 0.408 e. The predicted octanol–water partition coefficient (Wildman–Crippen LogP) is 1.63. The van der Waals surface area contributed by atoms with Gasteiger partial charge in [-0.15, -0.1) is 0 Å². The van der Waals surface area contributed by atoms with Crippen molar-refractivity contribution >= 4 is 12.1 Å². The lowest BCUT2D eigenvalue weighted by molar-refractivity contribution is -0.137. The SMILES string of the molecule is CCOC(=O)/C=C/[C@H]1OC(=O)N[C@@H]1C(C)(C)C. The zero-order chi connectivity index (χ0) is 13.1. The fourth-order valence-corrected chi connectivity index (χ4v) is 1.66. The molecule has 1 heterocycles. The Labute approximate surface area is 101 Å². The molecule has 0 aromatic rings. The van der Waals surface area contributed by atoms with Crippen molar-refractivity contribution < 1.29 is 19.1 Å². The third-order valence-electron chi connectivity index (χ3n) is 2.49. The van der Waals surface area contributed by atoms with Gasteiger partial charge in [-0.05, 0) is 18.4 Å². The van der Waals surface area contributed by atoms with Crippen LogP contribution in [0, 0.1) is 5.41 Å². The van der Waals surface area contributed by atoms with Crippen LogP contribution in [0.2, 0.25) is 0 Å². The number of amides is 1. The maximum atomic E-state index is 11.2. The van der Waals surface area contributed by atoms with E-state index >= 15 is 0 Å². The Morgan fingerprint density at radius 1 is 1.53 bits per heavy atom. The Hall–Kier alpha value is -1.52. The highest BCUT2D eigenvalue weighted by molar-refractivity contribution is 5.82. The second kappa shape index (κ2) is 5.21. The third-order valence-corrected chi connectivity index (χ3v) is 2.49. The van der Waals surface area contributed by atoms with Gasteiger partial charge in [0.05, 0.1) is 12.6 Å². The van der Waals surface area contributed by atoms with Crippen LogP contribution in [0.4, 0.5) is 4.79 Å². The Morgan fingerprint density at radius 2 is 2.18 bits per heavy atom. The number of hydrogen-bond donors (Lipinski definition) is 1. The Kier molecular flexibility index (Phi) is 4.15. The zero-order valence-electron chi connectivity index (χ0n) is 10.6. The van der Waals surface area contributed by atoms with Crippen molar-refractivity contribution in [2.75, 3.05) is 6.61 Å². The largest absolute Gasteiger partial charge is 0.463 e. The Morgan fingerprint density at radius 3 is 2.71 bits per heavy atom. The van der Waals surface area contributed by atoms with Crippen LogP contribution in [0.15, 0.2) is 12.2 Å². The normalized spacial score (nSPS) is 24.6. The lowest BCUT2D eigenvalue weighted by Gasteiger charge is -2.27. The minimum Gasteiger partial charge on any atom is -0.463 e. The van der Waals surface area contributed by atoms with Gasteiger partial charge in [-0.3, -0.25) is 0 Å². The minimum atomic E-state index is -0.455. The van der Waals surface area contributed by atoms with E-state index in [4.69, 9.17) is 9.47 Å². The topological polar surface area (TPSA) is 64.6 Å². The van der Waals surface area contributed by atoms with Crippen LogP contribution >= 0.6 is 0 Å². The van der Waals surface area contributed by atoms with Crippen molar-refractivity contribution in [3.8, 4) is 0 Å². The Balaban J connectivity index is 2.68. The number of hydrogen-bond acceptors (Lipinski definition) is 4. The van der Waals surface area contributed by atoms with Gasteiger partial charge in [0.2, 0.25) is 0 Å². The van der Waals surface area contributed by atoms with Crippen molar-refractivity contribution in [1.82, 2.24) is 5.32 Å². The van der Waals surface area contributed by atoms with E-state index in [1.807, 2.05) is 20.8 Å². The van der Waals surface area contributed by atoms with E-state index in [9.17, 15) is 9.59 Å². The van der Waals surface area contributed by atoms with E-state index in [-0.39, 0.29) is 11.5 Å². The van der Waals surface area contributed by atoms with Gasteiger partial charge >= 0.3 is 12.1 Å². The third kappa shape index (κ3) is 3.76. The summed E-state index contributed by atoms with van der Waals surface area (Å²) < 4.78 is 9.85. The molecule has 0 radical (unpaired) electrons. The first kappa shape index (κ1) is 13.5. The molecule has 0 aromatic carbocycles. The van der Waals surface area contributed by atoms with E-state index in [1.165, 1.54) is 6.08 Å². The molecule has 1 aliphatic heterocycles. The number of rotatable bonds is 3. The van der Waals surface area contributed by atoms with Gasteiger partial charge in [0.1, 0.15) is 6.10 Å². The van der Waals surface area contributed by atoms with E-state index in [0.717, 1.165) is 0 Å². The molecule has 1 N–H and O–H groups in total. The molecule has 0 aromatic heterocycles. The van der Waals surface area contributed by atoms with Gasteiger partial charge in [0.25, 0.3) is 0 Å². The van der Waals surface area contributed by atoms with Crippen LogP contribution < -0.4 is 5.32 Å². The monoisotopic (exact) mass is 241 g/mol. The number of nitrogens with one attached hydrogen (secondary N) is 1. The minimum absolute atomic E-state index is 0.143. The molecule has 1 saturated heterocycles. The second-order valence-electron chi connectivity index (χ2n) is 4.97. The zero-order valence-corrected chi connectivity index (χ0v) is 10.6. The molecule has 1 aliphatic rings. The van der Waals surface area contributed by atoms with Gasteiger partial charge in [-0.25, -0.2) is 9.59 Å². The van der Waals surface area contributed by atoms with Crippen LogP contribution in [0.5, 0.6) is 0 Å². The standard InChI is InChI=1S/C12H19NO4/c1-5-16-9(14)7-6-8-10(12(2,3)4)13-11(15)17-8/h6-8,10H,5H2,1-4H3,(H,13,15)/b7-6+/t8-,10+/m1/s1. The van der Waals surface area contributed by atoms with Crippen molar-refractivity contribution in [2.45, 2.75) is 39.8 Å². The Bertz CT molecular complexity index is 330.